The van der Waals surface area contributed by atoms with Crippen LogP contribution in [-0.2, 0) is 22.4 Å². The highest BCUT2D eigenvalue weighted by Gasteiger charge is 2.51. The number of nitrogens with zero attached hydrogens (tertiary/aromatic N) is 1. The highest BCUT2D eigenvalue weighted by atomic mass is 16.2. The maximum Gasteiger partial charge on any atom is 0.313 e. The molecular weight excluding hydrogens is 324 g/mol. The molecule has 1 saturated carbocycles. The first-order chi connectivity index (χ1) is 12.2. The fourth-order valence-corrected chi connectivity index (χ4v) is 5.40. The number of rotatable bonds is 3. The quantitative estimate of drug-likeness (QED) is 0.826. The van der Waals surface area contributed by atoms with Gasteiger partial charge in [-0.2, -0.15) is 0 Å². The largest absolute Gasteiger partial charge is 0.331 e. The van der Waals surface area contributed by atoms with Crippen LogP contribution in [0.25, 0.3) is 0 Å². The van der Waals surface area contributed by atoms with Crippen LogP contribution >= 0.6 is 0 Å². The summed E-state index contributed by atoms with van der Waals surface area (Å²) in [7, 11) is 0. The fourth-order valence-electron chi connectivity index (χ4n) is 5.40. The maximum absolute atomic E-state index is 13.0. The van der Waals surface area contributed by atoms with E-state index >= 15 is 0 Å². The third-order valence-corrected chi connectivity index (χ3v) is 6.11. The van der Waals surface area contributed by atoms with Gasteiger partial charge in [-0.3, -0.25) is 9.59 Å². The standard InChI is InChI=1S/C22H32N2O2/c1-6-15-9-8-10-16(7-2)18(15)23-19(25)20(26)24-14-22(5)12-17(24)11-21(3,4)13-22/h8-10,17H,6-7,11-14H2,1-5H3,(H,23,25). The zero-order valence-electron chi connectivity index (χ0n) is 16.8. The van der Waals surface area contributed by atoms with Gasteiger partial charge in [-0.15, -0.1) is 0 Å². The van der Waals surface area contributed by atoms with E-state index in [9.17, 15) is 9.59 Å². The van der Waals surface area contributed by atoms with E-state index in [1.54, 1.807) is 0 Å². The van der Waals surface area contributed by atoms with Crippen LogP contribution in [0.2, 0.25) is 0 Å². The average Bonchev–Trinajstić information content (AvgIpc) is 2.82. The number of aryl methyl sites for hydroxylation is 2. The summed E-state index contributed by atoms with van der Waals surface area (Å²) >= 11 is 0. The molecule has 4 nitrogen and oxygen atoms in total. The predicted octanol–water partition coefficient (Wildman–Crippen LogP) is 4.18. The summed E-state index contributed by atoms with van der Waals surface area (Å²) in [6.07, 6.45) is 4.77. The Morgan fingerprint density at radius 2 is 1.73 bits per heavy atom. The number of hydrogen-bond acceptors (Lipinski definition) is 2. The maximum atomic E-state index is 13.0. The third kappa shape index (κ3) is 3.51. The van der Waals surface area contributed by atoms with Gasteiger partial charge < -0.3 is 10.2 Å². The molecule has 1 aromatic carbocycles. The number of amides is 2. The van der Waals surface area contributed by atoms with Crippen molar-refractivity contribution in [3.05, 3.63) is 29.3 Å². The predicted molar refractivity (Wildman–Crippen MR) is 105 cm³/mol. The normalized spacial score (nSPS) is 26.7. The highest BCUT2D eigenvalue weighted by molar-refractivity contribution is 6.39. The van der Waals surface area contributed by atoms with Crippen molar-refractivity contribution in [1.82, 2.24) is 4.90 Å². The lowest BCUT2D eigenvalue weighted by Crippen LogP contribution is -2.43. The topological polar surface area (TPSA) is 49.4 Å². The summed E-state index contributed by atoms with van der Waals surface area (Å²) in [5.41, 5.74) is 3.35. The average molecular weight is 357 g/mol. The first kappa shape index (κ1) is 18.9. The molecule has 1 aromatic rings. The molecule has 4 heteroatoms. The molecule has 2 amide bonds. The molecule has 3 rings (SSSR count). The molecule has 2 atom stereocenters. The van der Waals surface area contributed by atoms with E-state index in [0.717, 1.165) is 48.9 Å². The van der Waals surface area contributed by atoms with Crippen LogP contribution in [0.1, 0.15) is 65.0 Å². The molecular formula is C22H32N2O2. The summed E-state index contributed by atoms with van der Waals surface area (Å²) < 4.78 is 0. The van der Waals surface area contributed by atoms with Crippen LogP contribution in [0.15, 0.2) is 18.2 Å². The van der Waals surface area contributed by atoms with Gasteiger partial charge in [0.2, 0.25) is 0 Å². The van der Waals surface area contributed by atoms with Gasteiger partial charge in [-0.05, 0) is 54.1 Å². The number of carbonyl (C=O) groups is 2. The van der Waals surface area contributed by atoms with Crippen LogP contribution in [0, 0.1) is 10.8 Å². The van der Waals surface area contributed by atoms with Gasteiger partial charge in [0.1, 0.15) is 0 Å². The van der Waals surface area contributed by atoms with Crippen LogP contribution in [0.4, 0.5) is 5.69 Å². The Balaban J connectivity index is 1.79. The molecule has 2 unspecified atom stereocenters. The first-order valence-corrected chi connectivity index (χ1v) is 9.91. The van der Waals surface area contributed by atoms with Crippen molar-refractivity contribution in [2.75, 3.05) is 11.9 Å². The lowest BCUT2D eigenvalue weighted by atomic mass is 9.65. The smallest absolute Gasteiger partial charge is 0.313 e. The number of nitrogens with one attached hydrogen (secondary N) is 1. The number of anilines is 1. The van der Waals surface area contributed by atoms with E-state index in [4.69, 9.17) is 0 Å². The van der Waals surface area contributed by atoms with Gasteiger partial charge in [-0.25, -0.2) is 0 Å². The van der Waals surface area contributed by atoms with Gasteiger partial charge >= 0.3 is 11.8 Å². The number of hydrogen-bond donors (Lipinski definition) is 1. The Kier molecular flexibility index (Phi) is 4.89. The van der Waals surface area contributed by atoms with Gasteiger partial charge in [0.15, 0.2) is 0 Å². The number of benzene rings is 1. The van der Waals surface area contributed by atoms with Gasteiger partial charge in [0, 0.05) is 18.3 Å². The van der Waals surface area contributed by atoms with Crippen molar-refractivity contribution in [2.45, 2.75) is 72.8 Å². The molecule has 1 N–H and O–H groups in total. The SMILES string of the molecule is CCc1cccc(CC)c1NC(=O)C(=O)N1CC2(C)CC1CC(C)(C)C2. The lowest BCUT2D eigenvalue weighted by molar-refractivity contribution is -0.144. The van der Waals surface area contributed by atoms with Crippen molar-refractivity contribution < 1.29 is 9.59 Å². The van der Waals surface area contributed by atoms with E-state index < -0.39 is 5.91 Å². The van der Waals surface area contributed by atoms with Crippen molar-refractivity contribution in [3.8, 4) is 0 Å². The Morgan fingerprint density at radius 1 is 1.12 bits per heavy atom. The summed E-state index contributed by atoms with van der Waals surface area (Å²) in [6.45, 7) is 11.6. The molecule has 2 aliphatic rings. The molecule has 142 valence electrons. The van der Waals surface area contributed by atoms with Gasteiger partial charge in [0.05, 0.1) is 0 Å². The van der Waals surface area contributed by atoms with Gasteiger partial charge in [0.25, 0.3) is 0 Å². The number of likely N-dealkylation sites (tertiary alicyclic amines) is 1. The van der Waals surface area contributed by atoms with Crippen LogP contribution < -0.4 is 5.32 Å². The molecule has 2 bridgehead atoms. The van der Waals surface area contributed by atoms with E-state index in [1.165, 1.54) is 0 Å². The van der Waals surface area contributed by atoms with Crippen molar-refractivity contribution >= 4 is 17.5 Å². The zero-order chi connectivity index (χ0) is 19.1. The number of carbonyl (C=O) groups excluding carboxylic acids is 2. The molecule has 0 spiro atoms. The summed E-state index contributed by atoms with van der Waals surface area (Å²) in [4.78, 5) is 27.6. The van der Waals surface area contributed by atoms with Crippen molar-refractivity contribution in [1.29, 1.82) is 0 Å². The molecule has 26 heavy (non-hydrogen) atoms. The lowest BCUT2D eigenvalue weighted by Gasteiger charge is -2.39. The summed E-state index contributed by atoms with van der Waals surface area (Å²) in [5, 5.41) is 2.94. The zero-order valence-corrected chi connectivity index (χ0v) is 16.8. The molecule has 0 radical (unpaired) electrons. The minimum atomic E-state index is -0.491. The molecule has 2 fully saturated rings. The van der Waals surface area contributed by atoms with E-state index in [2.05, 4.69) is 39.9 Å². The number of fused-ring (bicyclic) bond motifs is 2. The fraction of sp³-hybridized carbons (Fsp3) is 0.636. The summed E-state index contributed by atoms with van der Waals surface area (Å²) in [5.74, 6) is -0.862. The second kappa shape index (κ2) is 6.71. The molecule has 1 aliphatic heterocycles. The van der Waals surface area contributed by atoms with Crippen LogP contribution in [0.5, 0.6) is 0 Å². The Hall–Kier alpha value is -1.84. The van der Waals surface area contributed by atoms with E-state index in [1.807, 2.05) is 23.1 Å². The van der Waals surface area contributed by atoms with Crippen molar-refractivity contribution in [3.63, 3.8) is 0 Å². The molecule has 0 aromatic heterocycles. The second-order valence-electron chi connectivity index (χ2n) is 9.26. The molecule has 1 aliphatic carbocycles. The van der Waals surface area contributed by atoms with E-state index in [0.29, 0.717) is 6.54 Å². The minimum Gasteiger partial charge on any atom is -0.331 e. The van der Waals surface area contributed by atoms with E-state index in [-0.39, 0.29) is 22.8 Å². The Morgan fingerprint density at radius 3 is 2.31 bits per heavy atom. The van der Waals surface area contributed by atoms with Crippen LogP contribution in [0.3, 0.4) is 0 Å². The van der Waals surface area contributed by atoms with Crippen molar-refractivity contribution in [2.24, 2.45) is 10.8 Å². The third-order valence-electron chi connectivity index (χ3n) is 6.11. The second-order valence-corrected chi connectivity index (χ2v) is 9.26. The minimum absolute atomic E-state index is 0.137. The molecule has 1 heterocycles. The monoisotopic (exact) mass is 356 g/mol. The first-order valence-electron chi connectivity index (χ1n) is 9.91. The van der Waals surface area contributed by atoms with Crippen LogP contribution in [-0.4, -0.2) is 29.3 Å². The summed E-state index contributed by atoms with van der Waals surface area (Å²) in [6, 6.07) is 6.24. The number of para-hydroxylation sites is 1. The Labute approximate surface area is 157 Å². The van der Waals surface area contributed by atoms with Gasteiger partial charge in [-0.1, -0.05) is 52.8 Å². The highest BCUT2D eigenvalue weighted by Crippen LogP contribution is 2.52. The molecule has 1 saturated heterocycles. The Bertz CT molecular complexity index is 703.